The van der Waals surface area contributed by atoms with Crippen LogP contribution in [0.3, 0.4) is 0 Å². The van der Waals surface area contributed by atoms with Gasteiger partial charge in [0.05, 0.1) is 0 Å². The average Bonchev–Trinajstić information content (AvgIpc) is 3.05. The van der Waals surface area contributed by atoms with Crippen molar-refractivity contribution in [3.63, 3.8) is 0 Å². The maximum atomic E-state index is 4.93. The Morgan fingerprint density at radius 1 is 0.684 bits per heavy atom. The van der Waals surface area contributed by atoms with Crippen LogP contribution in [-0.2, 0) is 16.5 Å². The van der Waals surface area contributed by atoms with Crippen molar-refractivity contribution in [2.75, 3.05) is 0 Å². The van der Waals surface area contributed by atoms with Crippen LogP contribution in [0.15, 0.2) is 48.5 Å². The van der Waals surface area contributed by atoms with Crippen LogP contribution in [0.1, 0.15) is 50.7 Å². The van der Waals surface area contributed by atoms with Crippen LogP contribution in [0, 0.1) is 0 Å². The van der Waals surface area contributed by atoms with Crippen molar-refractivity contribution in [2.45, 2.75) is 39.5 Å². The summed E-state index contributed by atoms with van der Waals surface area (Å²) in [7, 11) is 9.86. The average molecular weight is 469 g/mol. The van der Waals surface area contributed by atoms with E-state index >= 15 is 0 Å². The molecule has 0 aliphatic heterocycles. The molecule has 0 aromatic heterocycles. The van der Waals surface area contributed by atoms with E-state index in [4.69, 9.17) is 18.8 Å². The van der Waals surface area contributed by atoms with Crippen molar-refractivity contribution in [1.82, 2.24) is 0 Å². The molecule has 0 radical (unpaired) electrons. The Labute approximate surface area is 134 Å². The molecule has 0 bridgehead atoms. The molecule has 0 amide bonds. The molecular formula is C16H22Cl2W-2. The Morgan fingerprint density at radius 3 is 1.00 bits per heavy atom. The van der Waals surface area contributed by atoms with Crippen LogP contribution in [0.4, 0.5) is 0 Å². The monoisotopic (exact) mass is 468 g/mol. The minimum absolute atomic E-state index is 0.685. The van der Waals surface area contributed by atoms with Gasteiger partial charge in [-0.15, -0.1) is 0 Å². The zero-order valence-electron chi connectivity index (χ0n) is 11.9. The zero-order chi connectivity index (χ0) is 14.7. The summed E-state index contributed by atoms with van der Waals surface area (Å²) in [6.45, 7) is 8.81. The Morgan fingerprint density at radius 2 is 0.895 bits per heavy atom. The number of hydrogen-bond donors (Lipinski definition) is 0. The fourth-order valence-corrected chi connectivity index (χ4v) is 1.55. The third-order valence-corrected chi connectivity index (χ3v) is 2.71. The van der Waals surface area contributed by atoms with E-state index in [2.05, 4.69) is 76.2 Å². The molecule has 0 nitrogen and oxygen atoms in total. The normalized spacial score (nSPS) is 9.68. The molecule has 0 atom stereocenters. The van der Waals surface area contributed by atoms with Gasteiger partial charge in [0, 0.05) is 0 Å². The molecule has 0 saturated heterocycles. The molecule has 3 heteroatoms. The third kappa shape index (κ3) is 9.49. The van der Waals surface area contributed by atoms with Crippen molar-refractivity contribution in [3.05, 3.63) is 59.7 Å². The van der Waals surface area contributed by atoms with E-state index in [1.807, 2.05) is 0 Å². The van der Waals surface area contributed by atoms with E-state index in [-0.39, 0.29) is 0 Å². The molecule has 0 N–H and O–H groups in total. The van der Waals surface area contributed by atoms with Crippen molar-refractivity contribution in [1.29, 1.82) is 0 Å². The van der Waals surface area contributed by atoms with Gasteiger partial charge in [0.1, 0.15) is 0 Å². The molecule has 108 valence electrons. The maximum absolute atomic E-state index is 4.93. The molecule has 0 unspecified atom stereocenters. The van der Waals surface area contributed by atoms with E-state index in [1.165, 1.54) is 11.1 Å². The second-order valence-corrected chi connectivity index (χ2v) is 9.04. The Kier molecular flexibility index (Phi) is 11.7. The molecule has 0 spiro atoms. The van der Waals surface area contributed by atoms with Gasteiger partial charge in [-0.05, 0) is 0 Å². The minimum atomic E-state index is -0.806. The topological polar surface area (TPSA) is 0 Å². The summed E-state index contributed by atoms with van der Waals surface area (Å²) >= 11 is -0.806. The van der Waals surface area contributed by atoms with Gasteiger partial charge in [0.2, 0.25) is 0 Å². The molecule has 2 aromatic rings. The van der Waals surface area contributed by atoms with Gasteiger partial charge in [-0.25, -0.2) is 24.3 Å². The standard InChI is InChI=1S/2C8H11.2ClH.W/c2*1-7(2)8-5-3-4-6-8;;;/h2*3-7H,1-2H3;2*1H;/q2*-1;;;+2/p-2. The molecule has 19 heavy (non-hydrogen) atoms. The van der Waals surface area contributed by atoms with Crippen LogP contribution in [0.2, 0.25) is 0 Å². The van der Waals surface area contributed by atoms with E-state index in [1.54, 1.807) is 0 Å². The summed E-state index contributed by atoms with van der Waals surface area (Å²) in [5, 5.41) is 0. The van der Waals surface area contributed by atoms with Gasteiger partial charge in [-0.3, -0.25) is 0 Å². The van der Waals surface area contributed by atoms with Crippen LogP contribution in [-0.4, -0.2) is 0 Å². The van der Waals surface area contributed by atoms with E-state index in [0.717, 1.165) is 0 Å². The van der Waals surface area contributed by atoms with Crippen molar-refractivity contribution in [2.24, 2.45) is 0 Å². The summed E-state index contributed by atoms with van der Waals surface area (Å²) < 4.78 is 0. The van der Waals surface area contributed by atoms with Crippen LogP contribution >= 0.6 is 18.8 Å². The van der Waals surface area contributed by atoms with Crippen molar-refractivity contribution < 1.29 is 16.5 Å². The predicted molar refractivity (Wildman–Crippen MR) is 84.0 cm³/mol. The first-order valence-corrected chi connectivity index (χ1v) is 13.6. The van der Waals surface area contributed by atoms with Gasteiger partial charge in [0.25, 0.3) is 0 Å². The number of hydrogen-bond acceptors (Lipinski definition) is 0. The van der Waals surface area contributed by atoms with E-state index in [9.17, 15) is 0 Å². The fraction of sp³-hybridized carbons (Fsp3) is 0.375. The molecule has 0 aliphatic carbocycles. The zero-order valence-corrected chi connectivity index (χ0v) is 16.4. The van der Waals surface area contributed by atoms with Crippen molar-refractivity contribution in [3.8, 4) is 0 Å². The van der Waals surface area contributed by atoms with Crippen molar-refractivity contribution >= 4 is 18.8 Å². The van der Waals surface area contributed by atoms with Gasteiger partial charge in [0.15, 0.2) is 0 Å². The van der Waals surface area contributed by atoms with Crippen LogP contribution in [0.25, 0.3) is 0 Å². The first-order valence-electron chi connectivity index (χ1n) is 6.35. The quantitative estimate of drug-likeness (QED) is 0.445. The fourth-order valence-electron chi connectivity index (χ4n) is 1.55. The second kappa shape index (κ2) is 11.8. The summed E-state index contributed by atoms with van der Waals surface area (Å²) in [6, 6.07) is 16.9. The van der Waals surface area contributed by atoms with E-state index < -0.39 is 16.5 Å². The molecule has 2 aromatic carbocycles. The number of halogens is 2. The number of rotatable bonds is 2. The summed E-state index contributed by atoms with van der Waals surface area (Å²) in [6.07, 6.45) is 0. The SMILES string of the molecule is CC(C)[c-]1cccc1.CC(C)[c-]1cccc1.[Cl][W][Cl]. The van der Waals surface area contributed by atoms with Gasteiger partial charge >= 0.3 is 35.3 Å². The van der Waals surface area contributed by atoms with Crippen LogP contribution < -0.4 is 0 Å². The Hall–Kier alpha value is -0.0317. The molecule has 0 aliphatic rings. The first-order chi connectivity index (χ1) is 9.02. The van der Waals surface area contributed by atoms with Crippen LogP contribution in [0.5, 0.6) is 0 Å². The second-order valence-electron chi connectivity index (χ2n) is 4.80. The summed E-state index contributed by atoms with van der Waals surface area (Å²) in [5.41, 5.74) is 2.87. The predicted octanol–water partition coefficient (Wildman–Crippen LogP) is 6.43. The van der Waals surface area contributed by atoms with Gasteiger partial charge < -0.3 is 0 Å². The molecule has 0 heterocycles. The molecule has 0 fully saturated rings. The Balaban J connectivity index is 0.000000284. The van der Waals surface area contributed by atoms with E-state index in [0.29, 0.717) is 11.8 Å². The molecule has 0 saturated carbocycles. The molecular weight excluding hydrogens is 447 g/mol. The first kappa shape index (κ1) is 19.0. The third-order valence-electron chi connectivity index (χ3n) is 2.71. The Bertz CT molecular complexity index is 337. The summed E-state index contributed by atoms with van der Waals surface area (Å²) in [5.74, 6) is 1.37. The van der Waals surface area contributed by atoms with Gasteiger partial charge in [-0.1, -0.05) is 39.5 Å². The van der Waals surface area contributed by atoms with Gasteiger partial charge in [-0.2, -0.15) is 35.4 Å². The molecule has 2 rings (SSSR count). The summed E-state index contributed by atoms with van der Waals surface area (Å²) in [4.78, 5) is 0.